The van der Waals surface area contributed by atoms with Gasteiger partial charge in [-0.25, -0.2) is 9.67 Å². The van der Waals surface area contributed by atoms with Gasteiger partial charge in [-0.2, -0.15) is 5.10 Å². The first-order valence-corrected chi connectivity index (χ1v) is 8.74. The molecule has 1 amide bonds. The van der Waals surface area contributed by atoms with Crippen molar-refractivity contribution in [2.75, 3.05) is 17.2 Å². The van der Waals surface area contributed by atoms with Crippen LogP contribution in [0.5, 0.6) is 0 Å². The lowest BCUT2D eigenvalue weighted by Crippen LogP contribution is -2.21. The number of hydrogen-bond acceptors (Lipinski definition) is 4. The molecule has 6 nitrogen and oxygen atoms in total. The fourth-order valence-electron chi connectivity index (χ4n) is 2.59. The van der Waals surface area contributed by atoms with Crippen LogP contribution in [0.1, 0.15) is 31.7 Å². The first-order chi connectivity index (χ1) is 12.7. The van der Waals surface area contributed by atoms with Crippen molar-refractivity contribution in [3.05, 3.63) is 66.7 Å². The van der Waals surface area contributed by atoms with Gasteiger partial charge in [0.1, 0.15) is 12.7 Å². The number of amides is 1. The average molecular weight is 349 g/mol. The Kier molecular flexibility index (Phi) is 5.63. The molecule has 0 radical (unpaired) electrons. The third-order valence-electron chi connectivity index (χ3n) is 4.38. The van der Waals surface area contributed by atoms with Crippen LogP contribution in [-0.2, 0) is 4.79 Å². The molecule has 26 heavy (non-hydrogen) atoms. The van der Waals surface area contributed by atoms with Crippen molar-refractivity contribution in [3.8, 4) is 5.69 Å². The van der Waals surface area contributed by atoms with Gasteiger partial charge in [-0.3, -0.25) is 4.79 Å². The third-order valence-corrected chi connectivity index (χ3v) is 4.38. The molecule has 3 aromatic rings. The molecule has 0 aliphatic heterocycles. The van der Waals surface area contributed by atoms with Gasteiger partial charge in [0.15, 0.2) is 0 Å². The summed E-state index contributed by atoms with van der Waals surface area (Å²) < 4.78 is 1.68. The van der Waals surface area contributed by atoms with E-state index in [-0.39, 0.29) is 12.5 Å². The molecule has 0 spiro atoms. The summed E-state index contributed by atoms with van der Waals surface area (Å²) in [4.78, 5) is 16.0. The number of benzene rings is 2. The van der Waals surface area contributed by atoms with Crippen LogP contribution in [0.3, 0.4) is 0 Å². The predicted octanol–water partition coefficient (Wildman–Crippen LogP) is 3.83. The van der Waals surface area contributed by atoms with Crippen molar-refractivity contribution < 1.29 is 4.79 Å². The number of carbonyl (C=O) groups is 1. The molecule has 134 valence electrons. The standard InChI is InChI=1S/C20H23N5O/c1-3-15(2)16-4-6-18(7-5-16)24-20(26)12-22-17-8-10-19(11-9-17)25-14-21-13-23-25/h4-11,13-15,22H,3,12H2,1-2H3,(H,24,26). The Hall–Kier alpha value is -3.15. The summed E-state index contributed by atoms with van der Waals surface area (Å²) in [5, 5.41) is 10.1. The van der Waals surface area contributed by atoms with Gasteiger partial charge in [-0.15, -0.1) is 0 Å². The van der Waals surface area contributed by atoms with Gasteiger partial charge in [-0.05, 0) is 54.3 Å². The molecule has 2 aromatic carbocycles. The quantitative estimate of drug-likeness (QED) is 0.680. The van der Waals surface area contributed by atoms with E-state index in [2.05, 4.69) is 46.7 Å². The number of aromatic nitrogens is 3. The molecule has 0 aliphatic carbocycles. The maximum atomic E-state index is 12.1. The summed E-state index contributed by atoms with van der Waals surface area (Å²) in [6.45, 7) is 4.58. The van der Waals surface area contributed by atoms with E-state index in [1.807, 2.05) is 36.4 Å². The van der Waals surface area contributed by atoms with Crippen molar-refractivity contribution in [2.24, 2.45) is 0 Å². The van der Waals surface area contributed by atoms with Gasteiger partial charge < -0.3 is 10.6 Å². The van der Waals surface area contributed by atoms with E-state index in [0.29, 0.717) is 5.92 Å². The van der Waals surface area contributed by atoms with Gasteiger partial charge in [0.2, 0.25) is 5.91 Å². The third kappa shape index (κ3) is 4.47. The van der Waals surface area contributed by atoms with E-state index < -0.39 is 0 Å². The highest BCUT2D eigenvalue weighted by atomic mass is 16.1. The lowest BCUT2D eigenvalue weighted by molar-refractivity contribution is -0.114. The van der Waals surface area contributed by atoms with Crippen LogP contribution in [0.4, 0.5) is 11.4 Å². The van der Waals surface area contributed by atoms with E-state index in [0.717, 1.165) is 23.5 Å². The number of rotatable bonds is 7. The molecule has 0 aliphatic rings. The van der Waals surface area contributed by atoms with Crippen LogP contribution in [-0.4, -0.2) is 27.2 Å². The zero-order chi connectivity index (χ0) is 18.4. The number of nitrogens with one attached hydrogen (secondary N) is 2. The fourth-order valence-corrected chi connectivity index (χ4v) is 2.59. The molecule has 1 unspecified atom stereocenters. The maximum absolute atomic E-state index is 12.1. The van der Waals surface area contributed by atoms with Gasteiger partial charge in [-0.1, -0.05) is 26.0 Å². The summed E-state index contributed by atoms with van der Waals surface area (Å²) in [7, 11) is 0. The zero-order valence-corrected chi connectivity index (χ0v) is 15.0. The van der Waals surface area contributed by atoms with Gasteiger partial charge in [0, 0.05) is 11.4 Å². The van der Waals surface area contributed by atoms with E-state index in [1.54, 1.807) is 11.0 Å². The molecule has 3 rings (SSSR count). The highest BCUT2D eigenvalue weighted by Crippen LogP contribution is 2.20. The zero-order valence-electron chi connectivity index (χ0n) is 15.0. The van der Waals surface area contributed by atoms with E-state index >= 15 is 0 Å². The Morgan fingerprint density at radius 2 is 1.77 bits per heavy atom. The Bertz CT molecular complexity index is 826. The largest absolute Gasteiger partial charge is 0.376 e. The van der Waals surface area contributed by atoms with E-state index in [1.165, 1.54) is 11.9 Å². The fraction of sp³-hybridized carbons (Fsp3) is 0.250. The van der Waals surface area contributed by atoms with Crippen molar-refractivity contribution in [1.29, 1.82) is 0 Å². The molecule has 0 saturated heterocycles. The minimum Gasteiger partial charge on any atom is -0.376 e. The smallest absolute Gasteiger partial charge is 0.243 e. The minimum absolute atomic E-state index is 0.0818. The Balaban J connectivity index is 1.51. The van der Waals surface area contributed by atoms with Gasteiger partial charge in [0.25, 0.3) is 0 Å². The second kappa shape index (κ2) is 8.29. The minimum atomic E-state index is -0.0818. The van der Waals surface area contributed by atoms with E-state index in [9.17, 15) is 4.79 Å². The number of carbonyl (C=O) groups excluding carboxylic acids is 1. The molecule has 6 heteroatoms. The lowest BCUT2D eigenvalue weighted by Gasteiger charge is -2.11. The second-order valence-electron chi connectivity index (χ2n) is 6.22. The summed E-state index contributed by atoms with van der Waals surface area (Å²) in [6, 6.07) is 15.7. The van der Waals surface area contributed by atoms with Crippen molar-refractivity contribution in [2.45, 2.75) is 26.2 Å². The van der Waals surface area contributed by atoms with Crippen LogP contribution < -0.4 is 10.6 Å². The highest BCUT2D eigenvalue weighted by molar-refractivity contribution is 5.93. The molecular weight excluding hydrogens is 326 g/mol. The van der Waals surface area contributed by atoms with Crippen molar-refractivity contribution in [3.63, 3.8) is 0 Å². The molecule has 1 heterocycles. The molecule has 0 bridgehead atoms. The summed E-state index contributed by atoms with van der Waals surface area (Å²) >= 11 is 0. The number of nitrogens with zero attached hydrogens (tertiary/aromatic N) is 3. The van der Waals surface area contributed by atoms with Crippen LogP contribution in [0.15, 0.2) is 61.2 Å². The summed E-state index contributed by atoms with van der Waals surface area (Å²) in [5.74, 6) is 0.448. The van der Waals surface area contributed by atoms with Crippen molar-refractivity contribution >= 4 is 17.3 Å². The molecule has 0 saturated carbocycles. The van der Waals surface area contributed by atoms with Crippen LogP contribution in [0, 0.1) is 0 Å². The monoisotopic (exact) mass is 349 g/mol. The maximum Gasteiger partial charge on any atom is 0.243 e. The molecule has 0 fully saturated rings. The van der Waals surface area contributed by atoms with Crippen LogP contribution >= 0.6 is 0 Å². The van der Waals surface area contributed by atoms with Crippen LogP contribution in [0.25, 0.3) is 5.69 Å². The summed E-state index contributed by atoms with van der Waals surface area (Å²) in [6.07, 6.45) is 4.24. The molecule has 1 aromatic heterocycles. The Morgan fingerprint density at radius 1 is 1.08 bits per heavy atom. The highest BCUT2D eigenvalue weighted by Gasteiger charge is 2.05. The summed E-state index contributed by atoms with van der Waals surface area (Å²) in [5.41, 5.74) is 3.89. The number of hydrogen-bond donors (Lipinski definition) is 2. The normalized spacial score (nSPS) is 11.8. The van der Waals surface area contributed by atoms with Gasteiger partial charge >= 0.3 is 0 Å². The number of anilines is 2. The molecular formula is C20H23N5O. The first kappa shape index (κ1) is 17.7. The first-order valence-electron chi connectivity index (χ1n) is 8.74. The topological polar surface area (TPSA) is 71.8 Å². The lowest BCUT2D eigenvalue weighted by atomic mass is 9.99. The van der Waals surface area contributed by atoms with Crippen molar-refractivity contribution in [1.82, 2.24) is 14.8 Å². The predicted molar refractivity (Wildman–Crippen MR) is 104 cm³/mol. The second-order valence-corrected chi connectivity index (χ2v) is 6.22. The molecule has 2 N–H and O–H groups in total. The van der Waals surface area contributed by atoms with Crippen LogP contribution in [0.2, 0.25) is 0 Å². The van der Waals surface area contributed by atoms with E-state index in [4.69, 9.17) is 0 Å². The Morgan fingerprint density at radius 3 is 2.38 bits per heavy atom. The SMILES string of the molecule is CCC(C)c1ccc(NC(=O)CNc2ccc(-n3cncn3)cc2)cc1. The average Bonchev–Trinajstić information content (AvgIpc) is 3.21. The van der Waals surface area contributed by atoms with Gasteiger partial charge in [0.05, 0.1) is 12.2 Å². The Labute approximate surface area is 153 Å². The molecule has 1 atom stereocenters.